The molecule has 0 saturated carbocycles. The first kappa shape index (κ1) is 14.3. The Morgan fingerprint density at radius 2 is 2.14 bits per heavy atom. The third-order valence-electron chi connectivity index (χ3n) is 3.82. The van der Waals surface area contributed by atoms with E-state index in [1.807, 2.05) is 12.1 Å². The molecule has 1 aliphatic rings. The Labute approximate surface area is 129 Å². The molecule has 1 amide bonds. The molecule has 1 heterocycles. The smallest absolute Gasteiger partial charge is 0.243 e. The molecule has 1 aliphatic heterocycles. The van der Waals surface area contributed by atoms with Gasteiger partial charge in [-0.1, -0.05) is 18.2 Å². The highest BCUT2D eigenvalue weighted by molar-refractivity contribution is 5.96. The van der Waals surface area contributed by atoms with Gasteiger partial charge in [-0.25, -0.2) is 0 Å². The number of nitrogens with two attached hydrogens (primary N) is 1. The van der Waals surface area contributed by atoms with Crippen molar-refractivity contribution in [3.05, 3.63) is 48.0 Å². The Morgan fingerprint density at radius 3 is 2.95 bits per heavy atom. The molecular weight excluding hydrogens is 278 g/mol. The van der Waals surface area contributed by atoms with Crippen LogP contribution in [0.15, 0.2) is 42.5 Å². The van der Waals surface area contributed by atoms with Crippen molar-refractivity contribution in [3.8, 4) is 5.75 Å². The average Bonchev–Trinajstić information content (AvgIpc) is 2.91. The van der Waals surface area contributed by atoms with E-state index in [1.165, 1.54) is 5.56 Å². The van der Waals surface area contributed by atoms with Crippen molar-refractivity contribution in [2.45, 2.75) is 6.42 Å². The van der Waals surface area contributed by atoms with Crippen LogP contribution < -0.4 is 20.7 Å². The zero-order valence-corrected chi connectivity index (χ0v) is 12.5. The number of ether oxygens (including phenoxy) is 1. The largest absolute Gasteiger partial charge is 0.495 e. The molecule has 0 unspecified atom stereocenters. The summed E-state index contributed by atoms with van der Waals surface area (Å²) >= 11 is 0. The highest BCUT2D eigenvalue weighted by Crippen LogP contribution is 2.28. The van der Waals surface area contributed by atoms with Crippen LogP contribution in [-0.4, -0.2) is 26.1 Å². The van der Waals surface area contributed by atoms with Crippen LogP contribution in [0.1, 0.15) is 5.56 Å². The van der Waals surface area contributed by atoms with Crippen molar-refractivity contribution in [1.82, 2.24) is 0 Å². The van der Waals surface area contributed by atoms with Gasteiger partial charge in [-0.05, 0) is 36.2 Å². The zero-order valence-electron chi connectivity index (χ0n) is 12.5. The number of hydrogen-bond acceptors (Lipinski definition) is 4. The summed E-state index contributed by atoms with van der Waals surface area (Å²) in [5, 5.41) is 2.87. The van der Waals surface area contributed by atoms with E-state index in [1.54, 1.807) is 25.3 Å². The van der Waals surface area contributed by atoms with Crippen LogP contribution in [0.4, 0.5) is 17.1 Å². The van der Waals surface area contributed by atoms with Crippen LogP contribution in [0.5, 0.6) is 5.75 Å². The molecule has 22 heavy (non-hydrogen) atoms. The van der Waals surface area contributed by atoms with Gasteiger partial charge < -0.3 is 20.7 Å². The lowest BCUT2D eigenvalue weighted by Crippen LogP contribution is -2.32. The van der Waals surface area contributed by atoms with Crippen LogP contribution in [0.3, 0.4) is 0 Å². The van der Waals surface area contributed by atoms with E-state index in [0.717, 1.165) is 18.7 Å². The maximum Gasteiger partial charge on any atom is 0.243 e. The Kier molecular flexibility index (Phi) is 3.87. The summed E-state index contributed by atoms with van der Waals surface area (Å²) < 4.78 is 5.24. The van der Waals surface area contributed by atoms with E-state index in [9.17, 15) is 4.79 Å². The van der Waals surface area contributed by atoms with Crippen LogP contribution in [0, 0.1) is 0 Å². The first-order valence-corrected chi connectivity index (χ1v) is 7.23. The van der Waals surface area contributed by atoms with Crippen molar-refractivity contribution in [2.24, 2.45) is 0 Å². The first-order chi connectivity index (χ1) is 10.7. The lowest BCUT2D eigenvalue weighted by atomic mass is 10.2. The van der Waals surface area contributed by atoms with Gasteiger partial charge in [0, 0.05) is 17.9 Å². The van der Waals surface area contributed by atoms with Crippen molar-refractivity contribution < 1.29 is 9.53 Å². The number of benzene rings is 2. The lowest BCUT2D eigenvalue weighted by Gasteiger charge is -2.19. The molecule has 5 nitrogen and oxygen atoms in total. The molecule has 0 bridgehead atoms. The number of nitrogens with one attached hydrogen (secondary N) is 1. The number of carbonyl (C=O) groups is 1. The number of amides is 1. The third kappa shape index (κ3) is 2.83. The molecule has 114 valence electrons. The highest BCUT2D eigenvalue weighted by atomic mass is 16.5. The third-order valence-corrected chi connectivity index (χ3v) is 3.82. The van der Waals surface area contributed by atoms with Gasteiger partial charge >= 0.3 is 0 Å². The van der Waals surface area contributed by atoms with Gasteiger partial charge in [0.15, 0.2) is 0 Å². The van der Waals surface area contributed by atoms with E-state index in [-0.39, 0.29) is 5.91 Å². The topological polar surface area (TPSA) is 67.6 Å². The fourth-order valence-corrected chi connectivity index (χ4v) is 2.76. The van der Waals surface area contributed by atoms with E-state index >= 15 is 0 Å². The molecule has 0 fully saturated rings. The number of rotatable bonds is 4. The standard InChI is InChI=1S/C17H19N3O2/c1-22-16-7-6-13(18)10-14(16)19-17(21)11-20-9-8-12-4-2-3-5-15(12)20/h2-7,10H,8-9,11,18H2,1H3,(H,19,21). The Morgan fingerprint density at radius 1 is 1.32 bits per heavy atom. The molecule has 3 N–H and O–H groups in total. The summed E-state index contributed by atoms with van der Waals surface area (Å²) in [6, 6.07) is 13.4. The second-order valence-corrected chi connectivity index (χ2v) is 5.31. The minimum Gasteiger partial charge on any atom is -0.495 e. The predicted octanol–water partition coefficient (Wildman–Crippen LogP) is 2.28. The maximum absolute atomic E-state index is 12.3. The summed E-state index contributed by atoms with van der Waals surface area (Å²) in [7, 11) is 1.57. The second-order valence-electron chi connectivity index (χ2n) is 5.31. The number of nitrogens with zero attached hydrogens (tertiary/aromatic N) is 1. The van der Waals surface area contributed by atoms with Gasteiger partial charge in [-0.2, -0.15) is 0 Å². The summed E-state index contributed by atoms with van der Waals surface area (Å²) in [5.41, 5.74) is 9.38. The van der Waals surface area contributed by atoms with Crippen LogP contribution >= 0.6 is 0 Å². The van der Waals surface area contributed by atoms with E-state index < -0.39 is 0 Å². The Hall–Kier alpha value is -2.69. The number of anilines is 3. The highest BCUT2D eigenvalue weighted by Gasteiger charge is 2.20. The predicted molar refractivity (Wildman–Crippen MR) is 88.4 cm³/mol. The molecule has 2 aromatic carbocycles. The van der Waals surface area contributed by atoms with Gasteiger partial charge in [0.1, 0.15) is 5.75 Å². The number of methoxy groups -OCH3 is 1. The molecule has 0 spiro atoms. The summed E-state index contributed by atoms with van der Waals surface area (Å²) in [6.45, 7) is 1.18. The molecule has 3 rings (SSSR count). The fraction of sp³-hybridized carbons (Fsp3) is 0.235. The number of nitrogen functional groups attached to an aromatic ring is 1. The minimum absolute atomic E-state index is 0.0828. The van der Waals surface area contributed by atoms with Gasteiger partial charge in [0.05, 0.1) is 19.3 Å². The fourth-order valence-electron chi connectivity index (χ4n) is 2.76. The molecule has 0 atom stereocenters. The van der Waals surface area contributed by atoms with Gasteiger partial charge in [-0.3, -0.25) is 4.79 Å². The molecule has 5 heteroatoms. The second kappa shape index (κ2) is 5.97. The van der Waals surface area contributed by atoms with E-state index in [0.29, 0.717) is 23.7 Å². The number of fused-ring (bicyclic) bond motifs is 1. The van der Waals surface area contributed by atoms with E-state index in [2.05, 4.69) is 22.3 Å². The SMILES string of the molecule is COc1ccc(N)cc1NC(=O)CN1CCc2ccccc21. The minimum atomic E-state index is -0.0828. The Balaban J connectivity index is 1.70. The molecule has 0 aromatic heterocycles. The number of para-hydroxylation sites is 1. The quantitative estimate of drug-likeness (QED) is 0.850. The van der Waals surface area contributed by atoms with Crippen molar-refractivity contribution in [1.29, 1.82) is 0 Å². The van der Waals surface area contributed by atoms with Gasteiger partial charge in [0.25, 0.3) is 0 Å². The monoisotopic (exact) mass is 297 g/mol. The Bertz CT molecular complexity index is 700. The van der Waals surface area contributed by atoms with Crippen LogP contribution in [-0.2, 0) is 11.2 Å². The van der Waals surface area contributed by atoms with Crippen molar-refractivity contribution >= 4 is 23.0 Å². The molecule has 0 saturated heterocycles. The van der Waals surface area contributed by atoms with E-state index in [4.69, 9.17) is 10.5 Å². The normalized spacial score (nSPS) is 12.9. The van der Waals surface area contributed by atoms with Gasteiger partial charge in [0.2, 0.25) is 5.91 Å². The lowest BCUT2D eigenvalue weighted by molar-refractivity contribution is -0.115. The number of carbonyl (C=O) groups excluding carboxylic acids is 1. The number of hydrogen-bond donors (Lipinski definition) is 2. The van der Waals surface area contributed by atoms with Crippen molar-refractivity contribution in [3.63, 3.8) is 0 Å². The molecule has 0 aliphatic carbocycles. The molecule has 0 radical (unpaired) electrons. The van der Waals surface area contributed by atoms with Crippen LogP contribution in [0.2, 0.25) is 0 Å². The summed E-state index contributed by atoms with van der Waals surface area (Å²) in [6.07, 6.45) is 0.977. The molecule has 2 aromatic rings. The molecular formula is C17H19N3O2. The van der Waals surface area contributed by atoms with Gasteiger partial charge in [-0.15, -0.1) is 0 Å². The first-order valence-electron chi connectivity index (χ1n) is 7.23. The zero-order chi connectivity index (χ0) is 15.5. The average molecular weight is 297 g/mol. The maximum atomic E-state index is 12.3. The van der Waals surface area contributed by atoms with Crippen molar-refractivity contribution in [2.75, 3.05) is 36.1 Å². The van der Waals surface area contributed by atoms with Crippen LogP contribution in [0.25, 0.3) is 0 Å². The summed E-state index contributed by atoms with van der Waals surface area (Å²) in [5.74, 6) is 0.518. The summed E-state index contributed by atoms with van der Waals surface area (Å²) in [4.78, 5) is 14.4.